The van der Waals surface area contributed by atoms with E-state index in [2.05, 4.69) is 20.8 Å². The molecule has 0 saturated heterocycles. The molecule has 7 nitrogen and oxygen atoms in total. The Morgan fingerprint density at radius 3 is 1.80 bits per heavy atom. The number of carbonyl (C=O) groups excluding carboxylic acids is 2. The summed E-state index contributed by atoms with van der Waals surface area (Å²) in [4.78, 5) is 23.8. The SMILES string of the molecule is CC/C=C\C[C@@H](O)/C=C/C=C\C/C=C\C=C\[C@@H](O)/C=C\CCCC(=O)OC[C@@H](O)COC(=O)CCCCCCCCCCC(C)C. The monoisotopic (exact) mass is 644 g/mol. The topological polar surface area (TPSA) is 113 Å². The molecule has 0 amide bonds. The van der Waals surface area contributed by atoms with Crippen LogP contribution in [0.15, 0.2) is 72.9 Å². The number of ether oxygens (including phenoxy) is 2. The lowest BCUT2D eigenvalue weighted by atomic mass is 10.0. The number of carbonyl (C=O) groups is 2. The Kier molecular flexibility index (Phi) is 30.3. The molecule has 3 atom stereocenters. The molecule has 0 rings (SSSR count). The Hall–Kier alpha value is -2.74. The van der Waals surface area contributed by atoms with Crippen LogP contribution in [0.1, 0.15) is 124 Å². The molecular weight excluding hydrogens is 580 g/mol. The summed E-state index contributed by atoms with van der Waals surface area (Å²) in [6, 6.07) is 0. The summed E-state index contributed by atoms with van der Waals surface area (Å²) in [6.45, 7) is 6.21. The van der Waals surface area contributed by atoms with E-state index in [1.165, 1.54) is 38.5 Å². The maximum absolute atomic E-state index is 11.9. The van der Waals surface area contributed by atoms with Crippen LogP contribution >= 0.6 is 0 Å². The number of rotatable bonds is 29. The second-order valence-corrected chi connectivity index (χ2v) is 12.1. The van der Waals surface area contributed by atoms with Crippen LogP contribution in [0.2, 0.25) is 0 Å². The van der Waals surface area contributed by atoms with Crippen molar-refractivity contribution in [1.82, 2.24) is 0 Å². The molecule has 0 heterocycles. The Bertz CT molecular complexity index is 913. The van der Waals surface area contributed by atoms with Gasteiger partial charge >= 0.3 is 11.9 Å². The third-order valence-corrected chi connectivity index (χ3v) is 7.06. The van der Waals surface area contributed by atoms with Crippen molar-refractivity contribution in [3.63, 3.8) is 0 Å². The van der Waals surface area contributed by atoms with E-state index in [-0.39, 0.29) is 25.6 Å². The molecule has 0 fully saturated rings. The van der Waals surface area contributed by atoms with Gasteiger partial charge in [-0.2, -0.15) is 0 Å². The van der Waals surface area contributed by atoms with E-state index in [4.69, 9.17) is 9.47 Å². The highest BCUT2D eigenvalue weighted by molar-refractivity contribution is 5.69. The smallest absolute Gasteiger partial charge is 0.305 e. The molecule has 3 N–H and O–H groups in total. The Labute approximate surface area is 279 Å². The first-order valence-corrected chi connectivity index (χ1v) is 17.6. The molecule has 0 aromatic carbocycles. The van der Waals surface area contributed by atoms with E-state index in [0.29, 0.717) is 25.7 Å². The van der Waals surface area contributed by atoms with Gasteiger partial charge in [-0.25, -0.2) is 0 Å². The standard InChI is InChI=1S/C39H64O7/c1-4-5-18-26-35(40)27-20-14-10-8-11-15-21-28-36(41)29-22-17-24-31-39(44)46-33-37(42)32-45-38(43)30-23-16-12-7-6-9-13-19-25-34(2)3/h5,10-11,14-15,18,20-22,27-29,34-37,40-42H,4,6-9,12-13,16-17,19,23-26,30-33H2,1-3H3/b14-10-,15-11-,18-5-,27-20+,28-21+,29-22-/t35-,36-,37+/m1/s1. The van der Waals surface area contributed by atoms with Crippen LogP contribution in [0.25, 0.3) is 0 Å². The second-order valence-electron chi connectivity index (χ2n) is 12.1. The highest BCUT2D eigenvalue weighted by Crippen LogP contribution is 2.13. The normalized spacial score (nSPS) is 14.6. The van der Waals surface area contributed by atoms with Gasteiger partial charge in [0.15, 0.2) is 0 Å². The first-order valence-electron chi connectivity index (χ1n) is 17.6. The van der Waals surface area contributed by atoms with E-state index in [9.17, 15) is 24.9 Å². The van der Waals surface area contributed by atoms with Gasteiger partial charge in [-0.05, 0) is 44.4 Å². The number of esters is 2. The minimum Gasteiger partial charge on any atom is -0.463 e. The van der Waals surface area contributed by atoms with Crippen molar-refractivity contribution in [3.05, 3.63) is 72.9 Å². The first kappa shape index (κ1) is 43.3. The van der Waals surface area contributed by atoms with Crippen LogP contribution in [0.3, 0.4) is 0 Å². The Balaban J connectivity index is 3.80. The number of aliphatic hydroxyl groups excluding tert-OH is 3. The van der Waals surface area contributed by atoms with Gasteiger partial charge in [0.25, 0.3) is 0 Å². The van der Waals surface area contributed by atoms with E-state index in [1.54, 1.807) is 24.3 Å². The lowest BCUT2D eigenvalue weighted by molar-refractivity contribution is -0.152. The van der Waals surface area contributed by atoms with Gasteiger partial charge in [-0.15, -0.1) is 0 Å². The van der Waals surface area contributed by atoms with Crippen molar-refractivity contribution in [1.29, 1.82) is 0 Å². The zero-order valence-electron chi connectivity index (χ0n) is 28.9. The Morgan fingerprint density at radius 1 is 0.630 bits per heavy atom. The van der Waals surface area contributed by atoms with Crippen LogP contribution in [-0.4, -0.2) is 58.8 Å². The summed E-state index contributed by atoms with van der Waals surface area (Å²) < 4.78 is 10.2. The molecule has 0 aliphatic carbocycles. The molecule has 0 spiro atoms. The molecule has 0 aliphatic rings. The van der Waals surface area contributed by atoms with Crippen molar-refractivity contribution in [2.45, 2.75) is 142 Å². The van der Waals surface area contributed by atoms with E-state index in [0.717, 1.165) is 38.0 Å². The summed E-state index contributed by atoms with van der Waals surface area (Å²) in [6.07, 6.45) is 34.7. The van der Waals surface area contributed by atoms with Crippen molar-refractivity contribution in [3.8, 4) is 0 Å². The van der Waals surface area contributed by atoms with Gasteiger partial charge in [0.05, 0.1) is 12.2 Å². The quantitative estimate of drug-likeness (QED) is 0.0324. The zero-order valence-corrected chi connectivity index (χ0v) is 28.9. The molecule has 262 valence electrons. The highest BCUT2D eigenvalue weighted by Gasteiger charge is 2.12. The molecule has 46 heavy (non-hydrogen) atoms. The van der Waals surface area contributed by atoms with Crippen LogP contribution < -0.4 is 0 Å². The largest absolute Gasteiger partial charge is 0.463 e. The fourth-order valence-electron chi connectivity index (χ4n) is 4.36. The van der Waals surface area contributed by atoms with E-state index >= 15 is 0 Å². The Morgan fingerprint density at radius 2 is 1.20 bits per heavy atom. The van der Waals surface area contributed by atoms with Gasteiger partial charge in [-0.1, -0.05) is 145 Å². The average Bonchev–Trinajstić information content (AvgIpc) is 3.02. The highest BCUT2D eigenvalue weighted by atomic mass is 16.6. The van der Waals surface area contributed by atoms with Gasteiger partial charge < -0.3 is 24.8 Å². The van der Waals surface area contributed by atoms with Crippen molar-refractivity contribution in [2.24, 2.45) is 5.92 Å². The number of hydrogen-bond donors (Lipinski definition) is 3. The average molecular weight is 645 g/mol. The molecule has 0 aromatic heterocycles. The van der Waals surface area contributed by atoms with Crippen molar-refractivity contribution >= 4 is 11.9 Å². The minimum atomic E-state index is -1.04. The lowest BCUT2D eigenvalue weighted by Crippen LogP contribution is -2.25. The summed E-state index contributed by atoms with van der Waals surface area (Å²) >= 11 is 0. The number of allylic oxidation sites excluding steroid dienone is 8. The lowest BCUT2D eigenvalue weighted by Gasteiger charge is -2.12. The fraction of sp³-hybridized carbons (Fsp3) is 0.641. The van der Waals surface area contributed by atoms with Gasteiger partial charge in [0.2, 0.25) is 0 Å². The maximum Gasteiger partial charge on any atom is 0.305 e. The van der Waals surface area contributed by atoms with Gasteiger partial charge in [-0.3, -0.25) is 9.59 Å². The second kappa shape index (κ2) is 32.2. The number of aliphatic hydroxyl groups is 3. The third-order valence-electron chi connectivity index (χ3n) is 7.06. The molecular formula is C39H64O7. The zero-order chi connectivity index (χ0) is 34.1. The van der Waals surface area contributed by atoms with Gasteiger partial charge in [0.1, 0.15) is 19.3 Å². The fourth-order valence-corrected chi connectivity index (χ4v) is 4.36. The van der Waals surface area contributed by atoms with Crippen molar-refractivity contribution in [2.75, 3.05) is 13.2 Å². The van der Waals surface area contributed by atoms with Gasteiger partial charge in [0, 0.05) is 12.8 Å². The summed E-state index contributed by atoms with van der Waals surface area (Å²) in [5, 5.41) is 29.7. The third kappa shape index (κ3) is 32.6. The summed E-state index contributed by atoms with van der Waals surface area (Å²) in [5.41, 5.74) is 0. The van der Waals surface area contributed by atoms with Crippen molar-refractivity contribution < 1.29 is 34.4 Å². The molecule has 0 aliphatic heterocycles. The number of hydrogen-bond acceptors (Lipinski definition) is 7. The van der Waals surface area contributed by atoms with Crippen LogP contribution in [0.5, 0.6) is 0 Å². The van der Waals surface area contributed by atoms with Crippen LogP contribution in [0.4, 0.5) is 0 Å². The minimum absolute atomic E-state index is 0.178. The first-order chi connectivity index (χ1) is 22.2. The summed E-state index contributed by atoms with van der Waals surface area (Å²) in [5.74, 6) is 0.0385. The van der Waals surface area contributed by atoms with E-state index < -0.39 is 24.3 Å². The molecule has 0 aromatic rings. The molecule has 7 heteroatoms. The van der Waals surface area contributed by atoms with Crippen LogP contribution in [0, 0.1) is 5.92 Å². The predicted molar refractivity (Wildman–Crippen MR) is 189 cm³/mol. The van der Waals surface area contributed by atoms with Crippen LogP contribution in [-0.2, 0) is 19.1 Å². The molecule has 0 bridgehead atoms. The number of unbranched alkanes of at least 4 members (excludes halogenated alkanes) is 8. The summed E-state index contributed by atoms with van der Waals surface area (Å²) in [7, 11) is 0. The maximum atomic E-state index is 11.9. The molecule has 0 unspecified atom stereocenters. The predicted octanol–water partition coefficient (Wildman–Crippen LogP) is 8.41. The molecule has 0 radical (unpaired) electrons. The molecule has 0 saturated carbocycles. The van der Waals surface area contributed by atoms with E-state index in [1.807, 2.05) is 48.6 Å².